The second-order valence-corrected chi connectivity index (χ2v) is 6.52. The van der Waals surface area contributed by atoms with E-state index in [0.717, 1.165) is 16.3 Å². The lowest BCUT2D eigenvalue weighted by Crippen LogP contribution is -2.33. The normalized spacial score (nSPS) is 10.8. The number of hydrazone groups is 1. The van der Waals surface area contributed by atoms with E-state index in [1.54, 1.807) is 18.2 Å². The van der Waals surface area contributed by atoms with Crippen LogP contribution in [0.15, 0.2) is 57.4 Å². The molecule has 0 spiro atoms. The molecule has 2 heterocycles. The highest BCUT2D eigenvalue weighted by atomic mass is 16.5. The number of rotatable bonds is 8. The van der Waals surface area contributed by atoms with Crippen LogP contribution in [0.3, 0.4) is 0 Å². The van der Waals surface area contributed by atoms with E-state index in [4.69, 9.17) is 9.47 Å². The number of hydrogen-bond donors (Lipinski definition) is 3. The van der Waals surface area contributed by atoms with Gasteiger partial charge < -0.3 is 14.6 Å². The Bertz CT molecular complexity index is 1250. The summed E-state index contributed by atoms with van der Waals surface area (Å²) in [6, 6.07) is 8.26. The molecule has 1 amide bonds. The summed E-state index contributed by atoms with van der Waals surface area (Å²) >= 11 is 0. The van der Waals surface area contributed by atoms with Crippen LogP contribution in [-0.2, 0) is 13.0 Å². The number of amides is 1. The number of aromatic hydroxyl groups is 1. The maximum absolute atomic E-state index is 12.2. The molecule has 32 heavy (non-hydrogen) atoms. The van der Waals surface area contributed by atoms with Gasteiger partial charge in [0.15, 0.2) is 11.5 Å². The third-order valence-electron chi connectivity index (χ3n) is 4.58. The first-order valence-corrected chi connectivity index (χ1v) is 9.45. The van der Waals surface area contributed by atoms with Crippen molar-refractivity contribution in [1.82, 2.24) is 20.0 Å². The molecule has 0 saturated heterocycles. The summed E-state index contributed by atoms with van der Waals surface area (Å²) in [4.78, 5) is 42.3. The Morgan fingerprint density at radius 2 is 1.91 bits per heavy atom. The number of aryl methyl sites for hydroxylation is 1. The molecule has 11 heteroatoms. The third-order valence-corrected chi connectivity index (χ3v) is 4.58. The van der Waals surface area contributed by atoms with Gasteiger partial charge in [-0.05, 0) is 36.2 Å². The van der Waals surface area contributed by atoms with E-state index in [1.165, 1.54) is 38.7 Å². The topological polar surface area (TPSA) is 148 Å². The Balaban J connectivity index is 1.78. The fourth-order valence-corrected chi connectivity index (χ4v) is 2.90. The zero-order valence-electron chi connectivity index (χ0n) is 17.4. The van der Waals surface area contributed by atoms with Crippen molar-refractivity contribution >= 4 is 12.1 Å². The average molecular weight is 439 g/mol. The van der Waals surface area contributed by atoms with E-state index in [-0.39, 0.29) is 12.1 Å². The largest absolute Gasteiger partial charge is 0.494 e. The van der Waals surface area contributed by atoms with Crippen LogP contribution in [0.4, 0.5) is 0 Å². The Kier molecular flexibility index (Phi) is 7.01. The number of H-pyrrole nitrogens is 1. The molecule has 0 aliphatic rings. The molecule has 11 nitrogen and oxygen atoms in total. The first-order valence-electron chi connectivity index (χ1n) is 9.45. The zero-order valence-corrected chi connectivity index (χ0v) is 17.4. The van der Waals surface area contributed by atoms with Gasteiger partial charge in [0, 0.05) is 24.5 Å². The number of nitrogens with one attached hydrogen (secondary N) is 2. The summed E-state index contributed by atoms with van der Waals surface area (Å²) in [7, 11) is 3.04. The first kappa shape index (κ1) is 22.3. The molecular formula is C21H21N5O6. The van der Waals surface area contributed by atoms with E-state index >= 15 is 0 Å². The second kappa shape index (κ2) is 10.1. The van der Waals surface area contributed by atoms with Crippen molar-refractivity contribution < 1.29 is 19.4 Å². The molecule has 0 unspecified atom stereocenters. The fourth-order valence-electron chi connectivity index (χ4n) is 2.90. The van der Waals surface area contributed by atoms with E-state index in [2.05, 4.69) is 20.5 Å². The number of carbonyl (C=O) groups is 1. The van der Waals surface area contributed by atoms with Crippen molar-refractivity contribution in [1.29, 1.82) is 0 Å². The van der Waals surface area contributed by atoms with Gasteiger partial charge in [0.05, 0.1) is 20.4 Å². The van der Waals surface area contributed by atoms with Crippen molar-refractivity contribution in [3.63, 3.8) is 0 Å². The predicted molar refractivity (Wildman–Crippen MR) is 116 cm³/mol. The van der Waals surface area contributed by atoms with Crippen molar-refractivity contribution in [2.24, 2.45) is 5.10 Å². The Labute approximate surface area is 182 Å². The minimum absolute atomic E-state index is 0.0706. The Morgan fingerprint density at radius 1 is 1.19 bits per heavy atom. The van der Waals surface area contributed by atoms with Crippen LogP contribution in [0.2, 0.25) is 0 Å². The SMILES string of the molecule is COc1ccc(CCn2c(O)c(/C=N/NC(=O)c3ccncc3)c(=O)[nH]c2=O)cc1OC. The minimum atomic E-state index is -0.836. The molecule has 1 aromatic carbocycles. The van der Waals surface area contributed by atoms with Gasteiger partial charge in [-0.3, -0.25) is 24.1 Å². The Morgan fingerprint density at radius 3 is 2.59 bits per heavy atom. The van der Waals surface area contributed by atoms with E-state index in [0.29, 0.717) is 23.5 Å². The fraction of sp³-hybridized carbons (Fsp3) is 0.190. The number of aromatic nitrogens is 3. The first-order chi connectivity index (χ1) is 15.4. The number of aromatic amines is 1. The van der Waals surface area contributed by atoms with Crippen LogP contribution in [0.1, 0.15) is 21.5 Å². The number of ether oxygens (including phenoxy) is 2. The molecule has 3 N–H and O–H groups in total. The van der Waals surface area contributed by atoms with Gasteiger partial charge in [0.1, 0.15) is 5.56 Å². The number of nitrogens with zero attached hydrogens (tertiary/aromatic N) is 3. The lowest BCUT2D eigenvalue weighted by molar-refractivity contribution is 0.0955. The molecule has 166 valence electrons. The second-order valence-electron chi connectivity index (χ2n) is 6.52. The molecule has 2 aromatic heterocycles. The van der Waals surface area contributed by atoms with Crippen LogP contribution < -0.4 is 26.1 Å². The molecule has 0 aliphatic heterocycles. The predicted octanol–water partition coefficient (Wildman–Crippen LogP) is 0.661. The highest BCUT2D eigenvalue weighted by Crippen LogP contribution is 2.27. The van der Waals surface area contributed by atoms with Crippen molar-refractivity contribution in [2.45, 2.75) is 13.0 Å². The smallest absolute Gasteiger partial charge is 0.331 e. The van der Waals surface area contributed by atoms with Crippen molar-refractivity contribution in [3.05, 3.63) is 80.3 Å². The number of methoxy groups -OCH3 is 2. The lowest BCUT2D eigenvalue weighted by Gasteiger charge is -2.12. The average Bonchev–Trinajstić information content (AvgIpc) is 2.81. The van der Waals surface area contributed by atoms with Crippen LogP contribution in [0, 0.1) is 0 Å². The van der Waals surface area contributed by atoms with Crippen molar-refractivity contribution in [3.8, 4) is 17.4 Å². The van der Waals surface area contributed by atoms with E-state index in [1.807, 2.05) is 0 Å². The molecule has 0 bridgehead atoms. The van der Waals surface area contributed by atoms with Gasteiger partial charge in [0.2, 0.25) is 5.88 Å². The highest BCUT2D eigenvalue weighted by Gasteiger charge is 2.14. The van der Waals surface area contributed by atoms with Crippen molar-refractivity contribution in [2.75, 3.05) is 14.2 Å². The maximum Gasteiger partial charge on any atom is 0.331 e. The lowest BCUT2D eigenvalue weighted by atomic mass is 10.1. The van der Waals surface area contributed by atoms with Crippen LogP contribution in [0.25, 0.3) is 0 Å². The van der Waals surface area contributed by atoms with Gasteiger partial charge in [0.25, 0.3) is 11.5 Å². The quantitative estimate of drug-likeness (QED) is 0.345. The third kappa shape index (κ3) is 5.01. The van der Waals surface area contributed by atoms with Gasteiger partial charge >= 0.3 is 5.69 Å². The molecule has 0 atom stereocenters. The molecular weight excluding hydrogens is 418 g/mol. The molecule has 0 radical (unpaired) electrons. The monoisotopic (exact) mass is 439 g/mol. The summed E-state index contributed by atoms with van der Waals surface area (Å²) in [5.41, 5.74) is 1.50. The van der Waals surface area contributed by atoms with E-state index in [9.17, 15) is 19.5 Å². The number of pyridine rings is 1. The van der Waals surface area contributed by atoms with Gasteiger partial charge in [-0.15, -0.1) is 0 Å². The zero-order chi connectivity index (χ0) is 23.1. The van der Waals surface area contributed by atoms with Crippen LogP contribution in [0.5, 0.6) is 17.4 Å². The summed E-state index contributed by atoms with van der Waals surface area (Å²) in [6.45, 7) is 0.0706. The summed E-state index contributed by atoms with van der Waals surface area (Å²) in [5, 5.41) is 14.2. The van der Waals surface area contributed by atoms with Gasteiger partial charge in [-0.25, -0.2) is 10.2 Å². The molecule has 0 saturated carbocycles. The summed E-state index contributed by atoms with van der Waals surface area (Å²) < 4.78 is 11.5. The summed E-state index contributed by atoms with van der Waals surface area (Å²) in [6.07, 6.45) is 4.22. The van der Waals surface area contributed by atoms with Gasteiger partial charge in [-0.1, -0.05) is 6.07 Å². The standard InChI is InChI=1S/C21H21N5O6/c1-31-16-4-3-13(11-17(16)32-2)7-10-26-20(29)15(19(28)24-21(26)30)12-23-25-18(27)14-5-8-22-9-6-14/h3-6,8-9,11-12,29H,7,10H2,1-2H3,(H,25,27)(H,24,28,30)/b23-12+. The molecule has 0 aliphatic carbocycles. The number of carbonyl (C=O) groups excluding carboxylic acids is 1. The van der Waals surface area contributed by atoms with Crippen LogP contribution >= 0.6 is 0 Å². The molecule has 3 aromatic rings. The number of benzene rings is 1. The molecule has 3 rings (SSSR count). The summed E-state index contributed by atoms with van der Waals surface area (Å²) in [5.74, 6) is -0.00380. The van der Waals surface area contributed by atoms with Crippen LogP contribution in [-0.4, -0.2) is 46.0 Å². The van der Waals surface area contributed by atoms with E-state index < -0.39 is 23.0 Å². The number of hydrogen-bond acceptors (Lipinski definition) is 8. The Hall–Kier alpha value is -4.41. The maximum atomic E-state index is 12.2. The minimum Gasteiger partial charge on any atom is -0.494 e. The molecule has 0 fully saturated rings. The highest BCUT2D eigenvalue weighted by molar-refractivity contribution is 5.94. The van der Waals surface area contributed by atoms with Gasteiger partial charge in [-0.2, -0.15) is 5.10 Å².